The Kier molecular flexibility index (Phi) is 10.5. The lowest BCUT2D eigenvalue weighted by molar-refractivity contribution is -0.140. The van der Waals surface area contributed by atoms with Crippen molar-refractivity contribution in [3.05, 3.63) is 62.6 Å². The lowest BCUT2D eigenvalue weighted by Crippen LogP contribution is -2.52. The lowest BCUT2D eigenvalue weighted by Gasteiger charge is -2.33. The van der Waals surface area contributed by atoms with E-state index in [0.29, 0.717) is 15.9 Å². The third kappa shape index (κ3) is 7.89. The van der Waals surface area contributed by atoms with Crippen molar-refractivity contribution in [2.75, 3.05) is 23.7 Å². The number of hydrogen-bond acceptors (Lipinski definition) is 4. The van der Waals surface area contributed by atoms with Gasteiger partial charge in [-0.2, -0.15) is 13.2 Å². The Morgan fingerprint density at radius 1 is 1.03 bits per heavy atom. The van der Waals surface area contributed by atoms with Gasteiger partial charge >= 0.3 is 6.18 Å². The lowest BCUT2D eigenvalue weighted by atomic mass is 10.1. The van der Waals surface area contributed by atoms with Gasteiger partial charge in [0.05, 0.1) is 22.5 Å². The van der Waals surface area contributed by atoms with Crippen molar-refractivity contribution in [3.63, 3.8) is 0 Å². The van der Waals surface area contributed by atoms with Gasteiger partial charge in [0.25, 0.3) is 0 Å². The topological polar surface area (TPSA) is 86.8 Å². The van der Waals surface area contributed by atoms with Crippen LogP contribution in [-0.4, -0.2) is 50.5 Å². The summed E-state index contributed by atoms with van der Waals surface area (Å²) >= 11 is 18.2. The Morgan fingerprint density at radius 3 is 2.11 bits per heavy atom. The van der Waals surface area contributed by atoms with Crippen LogP contribution in [0.15, 0.2) is 36.4 Å². The number of nitrogens with zero attached hydrogens (tertiary/aromatic N) is 2. The van der Waals surface area contributed by atoms with Gasteiger partial charge in [-0.05, 0) is 43.7 Å². The van der Waals surface area contributed by atoms with Gasteiger partial charge in [-0.25, -0.2) is 8.42 Å². The molecule has 0 saturated carbocycles. The number of hydrogen-bond donors (Lipinski definition) is 1. The molecule has 1 atom stereocenters. The van der Waals surface area contributed by atoms with E-state index in [-0.39, 0.29) is 29.6 Å². The van der Waals surface area contributed by atoms with Crippen molar-refractivity contribution in [2.45, 2.75) is 39.0 Å². The van der Waals surface area contributed by atoms with Crippen LogP contribution in [0.25, 0.3) is 0 Å². The normalized spacial score (nSPS) is 12.7. The minimum absolute atomic E-state index is 0.150. The fraction of sp³-hybridized carbons (Fsp3) is 0.391. The molecule has 2 aromatic rings. The number of rotatable bonds is 10. The first-order valence-electron chi connectivity index (χ1n) is 11.0. The molecule has 0 radical (unpaired) electrons. The van der Waals surface area contributed by atoms with Crippen LogP contribution in [-0.2, 0) is 32.3 Å². The SMILES string of the molecule is CCNC(=O)[C@H](CC)N(Cc1c(Cl)cccc1Cl)C(=O)CN(c1ccc(Cl)c(C(F)(F)F)c1)S(C)(=O)=O. The van der Waals surface area contributed by atoms with Gasteiger partial charge in [-0.15, -0.1) is 0 Å². The smallest absolute Gasteiger partial charge is 0.355 e. The molecule has 0 unspecified atom stereocenters. The van der Waals surface area contributed by atoms with Crippen LogP contribution in [0.1, 0.15) is 31.4 Å². The summed E-state index contributed by atoms with van der Waals surface area (Å²) in [6.07, 6.45) is -3.96. The number of likely N-dealkylation sites (N-methyl/N-ethyl adjacent to an activating group) is 1. The van der Waals surface area contributed by atoms with Crippen LogP contribution in [0.3, 0.4) is 0 Å². The van der Waals surface area contributed by atoms with Crippen molar-refractivity contribution in [1.29, 1.82) is 0 Å². The fourth-order valence-corrected chi connectivity index (χ4v) is 5.15. The number of halogens is 6. The number of carbonyl (C=O) groups is 2. The van der Waals surface area contributed by atoms with Gasteiger partial charge in [0, 0.05) is 28.7 Å². The van der Waals surface area contributed by atoms with Crippen molar-refractivity contribution in [1.82, 2.24) is 10.2 Å². The summed E-state index contributed by atoms with van der Waals surface area (Å²) in [5.74, 6) is -1.36. The number of carbonyl (C=O) groups excluding carboxylic acids is 2. The second-order valence-electron chi connectivity index (χ2n) is 7.97. The first-order valence-corrected chi connectivity index (χ1v) is 13.9. The van der Waals surface area contributed by atoms with Gasteiger partial charge in [0.1, 0.15) is 12.6 Å². The summed E-state index contributed by atoms with van der Waals surface area (Å²) in [4.78, 5) is 27.5. The molecule has 2 rings (SSSR count). The first kappa shape index (κ1) is 31.0. The van der Waals surface area contributed by atoms with E-state index in [4.69, 9.17) is 34.8 Å². The zero-order chi connectivity index (χ0) is 28.1. The number of sulfonamides is 1. The Morgan fingerprint density at radius 2 is 1.62 bits per heavy atom. The van der Waals surface area contributed by atoms with E-state index < -0.39 is 56.9 Å². The summed E-state index contributed by atoms with van der Waals surface area (Å²) in [5, 5.41) is 2.41. The van der Waals surface area contributed by atoms with Gasteiger partial charge in [0.15, 0.2) is 0 Å². The summed E-state index contributed by atoms with van der Waals surface area (Å²) in [6.45, 7) is 2.46. The van der Waals surface area contributed by atoms with E-state index in [0.717, 1.165) is 23.3 Å². The minimum Gasteiger partial charge on any atom is -0.355 e. The van der Waals surface area contributed by atoms with Crippen LogP contribution in [0.2, 0.25) is 15.1 Å². The van der Waals surface area contributed by atoms with Gasteiger partial charge in [-0.3, -0.25) is 13.9 Å². The van der Waals surface area contributed by atoms with Crippen molar-refractivity contribution in [3.8, 4) is 0 Å². The summed E-state index contributed by atoms with van der Waals surface area (Å²) in [5.41, 5.74) is -1.37. The Hall–Kier alpha value is -2.21. The molecule has 7 nitrogen and oxygen atoms in total. The van der Waals surface area contributed by atoms with Gasteiger partial charge in [0.2, 0.25) is 21.8 Å². The minimum atomic E-state index is -4.86. The van der Waals surface area contributed by atoms with E-state index in [1.54, 1.807) is 19.9 Å². The number of alkyl halides is 3. The second-order valence-corrected chi connectivity index (χ2v) is 11.1. The molecule has 0 aliphatic carbocycles. The maximum atomic E-state index is 13.6. The molecular formula is C23H25Cl3F3N3O4S. The number of amides is 2. The maximum Gasteiger partial charge on any atom is 0.417 e. The van der Waals surface area contributed by atoms with Crippen LogP contribution in [0.4, 0.5) is 18.9 Å². The molecule has 14 heteroatoms. The molecule has 2 amide bonds. The molecule has 37 heavy (non-hydrogen) atoms. The number of anilines is 1. The first-order chi connectivity index (χ1) is 17.1. The molecular weight excluding hydrogens is 578 g/mol. The highest BCUT2D eigenvalue weighted by Crippen LogP contribution is 2.37. The van der Waals surface area contributed by atoms with E-state index in [1.165, 1.54) is 12.1 Å². The predicted molar refractivity (Wildman–Crippen MR) is 138 cm³/mol. The molecule has 0 fully saturated rings. The Bertz CT molecular complexity index is 1240. The Balaban J connectivity index is 2.57. The molecule has 0 spiro atoms. The van der Waals surface area contributed by atoms with Crippen LogP contribution >= 0.6 is 34.8 Å². The molecule has 0 saturated heterocycles. The van der Waals surface area contributed by atoms with E-state index in [1.807, 2.05) is 0 Å². The molecule has 0 bridgehead atoms. The predicted octanol–water partition coefficient (Wildman–Crippen LogP) is 5.38. The van der Waals surface area contributed by atoms with Crippen LogP contribution < -0.4 is 9.62 Å². The number of nitrogens with one attached hydrogen (secondary N) is 1. The van der Waals surface area contributed by atoms with Gasteiger partial charge in [-0.1, -0.05) is 47.8 Å². The molecule has 1 N–H and O–H groups in total. The molecule has 0 aromatic heterocycles. The average Bonchev–Trinajstić information content (AvgIpc) is 2.78. The third-order valence-electron chi connectivity index (χ3n) is 5.35. The van der Waals surface area contributed by atoms with E-state index >= 15 is 0 Å². The molecule has 0 heterocycles. The highest BCUT2D eigenvalue weighted by atomic mass is 35.5. The summed E-state index contributed by atoms with van der Waals surface area (Å²) in [7, 11) is -4.25. The van der Waals surface area contributed by atoms with Crippen molar-refractivity contribution >= 4 is 62.3 Å². The summed E-state index contributed by atoms with van der Waals surface area (Å²) < 4.78 is 66.0. The van der Waals surface area contributed by atoms with Crippen LogP contribution in [0.5, 0.6) is 0 Å². The van der Waals surface area contributed by atoms with E-state index in [2.05, 4.69) is 5.32 Å². The van der Waals surface area contributed by atoms with Crippen molar-refractivity contribution in [2.24, 2.45) is 0 Å². The highest BCUT2D eigenvalue weighted by molar-refractivity contribution is 7.92. The Labute approximate surface area is 228 Å². The standard InChI is InChI=1S/C23H25Cl3F3N3O4S/c1-4-20(22(34)30-5-2)31(12-15-17(24)7-6-8-18(15)25)21(33)13-32(37(3,35)36)14-9-10-19(26)16(11-14)23(27,28)29/h6-11,20H,4-5,12-13H2,1-3H3,(H,30,34)/t20-/m0/s1. The second kappa shape index (κ2) is 12.6. The fourth-order valence-electron chi connectivity index (χ4n) is 3.56. The maximum absolute atomic E-state index is 13.6. The molecule has 2 aromatic carbocycles. The zero-order valence-electron chi connectivity index (χ0n) is 20.1. The van der Waals surface area contributed by atoms with E-state index in [9.17, 15) is 31.2 Å². The van der Waals surface area contributed by atoms with Gasteiger partial charge < -0.3 is 10.2 Å². The third-order valence-corrected chi connectivity index (χ3v) is 7.53. The molecule has 0 aliphatic rings. The summed E-state index contributed by atoms with van der Waals surface area (Å²) in [6, 6.07) is 6.12. The molecule has 0 aliphatic heterocycles. The number of benzene rings is 2. The average molecular weight is 603 g/mol. The van der Waals surface area contributed by atoms with Crippen molar-refractivity contribution < 1.29 is 31.2 Å². The largest absolute Gasteiger partial charge is 0.417 e. The van der Waals surface area contributed by atoms with Crippen LogP contribution in [0, 0.1) is 0 Å². The zero-order valence-corrected chi connectivity index (χ0v) is 23.2. The molecule has 204 valence electrons. The monoisotopic (exact) mass is 601 g/mol. The quantitative estimate of drug-likeness (QED) is 0.396. The highest BCUT2D eigenvalue weighted by Gasteiger charge is 2.36.